The molecule has 102 valence electrons. The summed E-state index contributed by atoms with van der Waals surface area (Å²) in [4.78, 5) is 4.30. The summed E-state index contributed by atoms with van der Waals surface area (Å²) < 4.78 is 19.6. The van der Waals surface area contributed by atoms with Crippen LogP contribution in [0.15, 0.2) is 33.4 Å². The summed E-state index contributed by atoms with van der Waals surface area (Å²) in [5.41, 5.74) is 1.11. The summed E-state index contributed by atoms with van der Waals surface area (Å²) in [6, 6.07) is 5.04. The third-order valence-electron chi connectivity index (χ3n) is 2.53. The third kappa shape index (κ3) is 3.64. The molecule has 0 aliphatic rings. The van der Waals surface area contributed by atoms with E-state index in [2.05, 4.69) is 47.0 Å². The van der Waals surface area contributed by atoms with E-state index in [0.29, 0.717) is 22.5 Å². The molecule has 0 saturated carbocycles. The Kier molecular flexibility index (Phi) is 4.06. The maximum absolute atomic E-state index is 13.9. The van der Waals surface area contributed by atoms with E-state index in [-0.39, 0.29) is 11.4 Å². The van der Waals surface area contributed by atoms with E-state index in [4.69, 9.17) is 4.42 Å². The summed E-state index contributed by atoms with van der Waals surface area (Å²) in [5.74, 6) is -0.0656. The third-order valence-corrected chi connectivity index (χ3v) is 3.15. The van der Waals surface area contributed by atoms with E-state index in [1.165, 1.54) is 0 Å². The van der Waals surface area contributed by atoms with E-state index in [1.807, 2.05) is 0 Å². The zero-order chi connectivity index (χ0) is 14.0. The fourth-order valence-electron chi connectivity index (χ4n) is 1.54. The van der Waals surface area contributed by atoms with Crippen molar-refractivity contribution in [2.75, 3.05) is 0 Å². The quantitative estimate of drug-likeness (QED) is 0.921. The number of oxazole rings is 1. The molecule has 0 aliphatic heterocycles. The van der Waals surface area contributed by atoms with Crippen molar-refractivity contribution in [3.8, 4) is 11.5 Å². The van der Waals surface area contributed by atoms with Crippen LogP contribution in [-0.2, 0) is 6.54 Å². The van der Waals surface area contributed by atoms with E-state index < -0.39 is 0 Å². The molecule has 0 radical (unpaired) electrons. The van der Waals surface area contributed by atoms with Crippen molar-refractivity contribution in [2.45, 2.75) is 32.9 Å². The summed E-state index contributed by atoms with van der Waals surface area (Å²) in [6.07, 6.45) is 1.55. The largest absolute Gasteiger partial charge is 0.444 e. The van der Waals surface area contributed by atoms with Crippen LogP contribution in [0.25, 0.3) is 11.5 Å². The van der Waals surface area contributed by atoms with Gasteiger partial charge in [0.15, 0.2) is 0 Å². The first-order valence-corrected chi connectivity index (χ1v) is 6.80. The molecule has 0 fully saturated rings. The lowest BCUT2D eigenvalue weighted by molar-refractivity contribution is 0.421. The summed E-state index contributed by atoms with van der Waals surface area (Å²) in [6.45, 7) is 6.80. The highest BCUT2D eigenvalue weighted by Gasteiger charge is 2.15. The fraction of sp³-hybridized carbons (Fsp3) is 0.357. The van der Waals surface area contributed by atoms with Crippen molar-refractivity contribution >= 4 is 15.9 Å². The van der Waals surface area contributed by atoms with Gasteiger partial charge < -0.3 is 9.73 Å². The first kappa shape index (κ1) is 14.2. The number of rotatable bonds is 3. The molecule has 0 spiro atoms. The minimum atomic E-state index is -0.361. The minimum Gasteiger partial charge on any atom is -0.444 e. The average molecular weight is 327 g/mol. The molecule has 1 N–H and O–H groups in total. The second-order valence-electron chi connectivity index (χ2n) is 5.35. The zero-order valence-corrected chi connectivity index (χ0v) is 12.7. The van der Waals surface area contributed by atoms with E-state index in [1.54, 1.807) is 24.5 Å². The number of nitrogens with zero attached hydrogens (tertiary/aromatic N) is 1. The fourth-order valence-corrected chi connectivity index (χ4v) is 1.90. The van der Waals surface area contributed by atoms with Crippen molar-refractivity contribution < 1.29 is 8.81 Å². The Morgan fingerprint density at radius 1 is 1.37 bits per heavy atom. The lowest BCUT2D eigenvalue weighted by Gasteiger charge is -2.19. The van der Waals surface area contributed by atoms with Gasteiger partial charge in [-0.1, -0.05) is 6.07 Å². The monoisotopic (exact) mass is 326 g/mol. The van der Waals surface area contributed by atoms with Gasteiger partial charge >= 0.3 is 0 Å². The molecule has 1 aromatic carbocycles. The molecule has 0 aliphatic carbocycles. The highest BCUT2D eigenvalue weighted by molar-refractivity contribution is 9.10. The molecule has 2 aromatic rings. The minimum absolute atomic E-state index is 0.000137. The summed E-state index contributed by atoms with van der Waals surface area (Å²) in [7, 11) is 0. The standard InChI is InChI=1S/C14H16BrFN2O/c1-14(2,3)17-7-9-8-19-13(18-9)10-5-4-6-11(15)12(10)16/h4-6,8,17H,7H2,1-3H3. The molecule has 2 rings (SSSR count). The average Bonchev–Trinajstić information content (AvgIpc) is 2.78. The normalized spacial score (nSPS) is 11.8. The van der Waals surface area contributed by atoms with Crippen LogP contribution in [0, 0.1) is 5.82 Å². The molecule has 0 amide bonds. The lowest BCUT2D eigenvalue weighted by Crippen LogP contribution is -2.35. The van der Waals surface area contributed by atoms with Gasteiger partial charge in [-0.25, -0.2) is 9.37 Å². The first-order chi connectivity index (χ1) is 8.87. The highest BCUT2D eigenvalue weighted by Crippen LogP contribution is 2.27. The van der Waals surface area contributed by atoms with Gasteiger partial charge in [0.1, 0.15) is 12.1 Å². The number of nitrogens with one attached hydrogen (secondary N) is 1. The Labute approximate surface area is 120 Å². The topological polar surface area (TPSA) is 38.1 Å². The van der Waals surface area contributed by atoms with E-state index in [0.717, 1.165) is 5.69 Å². The molecule has 3 nitrogen and oxygen atoms in total. The van der Waals surface area contributed by atoms with Gasteiger partial charge in [0.05, 0.1) is 15.7 Å². The highest BCUT2D eigenvalue weighted by atomic mass is 79.9. The van der Waals surface area contributed by atoms with Crippen molar-refractivity contribution in [2.24, 2.45) is 0 Å². The van der Waals surface area contributed by atoms with Gasteiger partial charge in [0.25, 0.3) is 0 Å². The van der Waals surface area contributed by atoms with Crippen molar-refractivity contribution in [1.29, 1.82) is 0 Å². The predicted molar refractivity (Wildman–Crippen MR) is 76.2 cm³/mol. The Morgan fingerprint density at radius 2 is 2.11 bits per heavy atom. The number of aromatic nitrogens is 1. The second-order valence-corrected chi connectivity index (χ2v) is 6.20. The van der Waals surface area contributed by atoms with Crippen molar-refractivity contribution in [3.63, 3.8) is 0 Å². The Balaban J connectivity index is 2.19. The maximum Gasteiger partial charge on any atom is 0.229 e. The van der Waals surface area contributed by atoms with Crippen LogP contribution < -0.4 is 5.32 Å². The van der Waals surface area contributed by atoms with Crippen molar-refractivity contribution in [3.05, 3.63) is 40.4 Å². The number of hydrogen-bond acceptors (Lipinski definition) is 3. The number of hydrogen-bond donors (Lipinski definition) is 1. The van der Waals surface area contributed by atoms with Crippen LogP contribution in [0.5, 0.6) is 0 Å². The molecule has 0 unspecified atom stereocenters. The van der Waals surface area contributed by atoms with Crippen LogP contribution >= 0.6 is 15.9 Å². The number of benzene rings is 1. The van der Waals surface area contributed by atoms with E-state index >= 15 is 0 Å². The molecule has 0 bridgehead atoms. The SMILES string of the molecule is CC(C)(C)NCc1coc(-c2cccc(Br)c2F)n1. The summed E-state index contributed by atoms with van der Waals surface area (Å²) in [5, 5.41) is 3.30. The molecule has 1 heterocycles. The van der Waals surface area contributed by atoms with Gasteiger partial charge in [-0.3, -0.25) is 0 Å². The first-order valence-electron chi connectivity index (χ1n) is 6.00. The number of halogens is 2. The smallest absolute Gasteiger partial charge is 0.229 e. The van der Waals surface area contributed by atoms with Gasteiger partial charge in [-0.2, -0.15) is 0 Å². The molecular formula is C14H16BrFN2O. The van der Waals surface area contributed by atoms with E-state index in [9.17, 15) is 4.39 Å². The van der Waals surface area contributed by atoms with Gasteiger partial charge in [-0.15, -0.1) is 0 Å². The zero-order valence-electron chi connectivity index (χ0n) is 11.1. The van der Waals surface area contributed by atoms with Gasteiger partial charge in [0.2, 0.25) is 5.89 Å². The Morgan fingerprint density at radius 3 is 2.79 bits per heavy atom. The van der Waals surface area contributed by atoms with Crippen LogP contribution in [0.4, 0.5) is 4.39 Å². The molecule has 19 heavy (non-hydrogen) atoms. The molecule has 0 atom stereocenters. The van der Waals surface area contributed by atoms with Crippen molar-refractivity contribution in [1.82, 2.24) is 10.3 Å². The van der Waals surface area contributed by atoms with Crippen LogP contribution in [0.3, 0.4) is 0 Å². The van der Waals surface area contributed by atoms with Crippen LogP contribution in [0.2, 0.25) is 0 Å². The molecule has 1 aromatic heterocycles. The summed E-state index contributed by atoms with van der Waals surface area (Å²) >= 11 is 3.15. The second kappa shape index (κ2) is 5.43. The predicted octanol–water partition coefficient (Wildman–Crippen LogP) is 4.13. The molecular weight excluding hydrogens is 311 g/mol. The van der Waals surface area contributed by atoms with Crippen LogP contribution in [0.1, 0.15) is 26.5 Å². The van der Waals surface area contributed by atoms with Gasteiger partial charge in [0, 0.05) is 12.1 Å². The van der Waals surface area contributed by atoms with Gasteiger partial charge in [-0.05, 0) is 48.8 Å². The maximum atomic E-state index is 13.9. The van der Waals surface area contributed by atoms with Crippen LogP contribution in [-0.4, -0.2) is 10.5 Å². The Hall–Kier alpha value is -1.20. The lowest BCUT2D eigenvalue weighted by atomic mass is 10.1. The molecule has 5 heteroatoms. The Bertz CT molecular complexity index is 575. The molecule has 0 saturated heterocycles.